The molecule has 1 aliphatic rings. The quantitative estimate of drug-likeness (QED) is 0.804. The fourth-order valence-electron chi connectivity index (χ4n) is 2.90. The van der Waals surface area contributed by atoms with Crippen LogP contribution in [0.3, 0.4) is 0 Å². The first-order valence-electron chi connectivity index (χ1n) is 8.27. The van der Waals surface area contributed by atoms with Crippen molar-refractivity contribution in [2.45, 2.75) is 19.3 Å². The van der Waals surface area contributed by atoms with Gasteiger partial charge in [-0.25, -0.2) is 4.79 Å². The molecular formula is C19H21ClN2O3. The van der Waals surface area contributed by atoms with Gasteiger partial charge in [-0.15, -0.1) is 0 Å². The standard InChI is InChI=1S/C19H21ClN2O3/c1-24-13-25-15-9-10-17(16(20)12-15)21-19(23)22-11-5-4-7-14-6-2-3-8-18(14)22/h2-3,6,8-10,12H,4-5,7,11,13H2,1H3,(H,21,23). The molecule has 1 heterocycles. The molecule has 0 spiro atoms. The highest BCUT2D eigenvalue weighted by molar-refractivity contribution is 6.34. The summed E-state index contributed by atoms with van der Waals surface area (Å²) in [6.45, 7) is 0.835. The molecule has 132 valence electrons. The van der Waals surface area contributed by atoms with E-state index in [1.807, 2.05) is 18.2 Å². The highest BCUT2D eigenvalue weighted by Gasteiger charge is 2.21. The Hall–Kier alpha value is -2.24. The number of para-hydroxylation sites is 1. The molecule has 6 heteroatoms. The average Bonchev–Trinajstić information content (AvgIpc) is 2.84. The molecule has 1 N–H and O–H groups in total. The summed E-state index contributed by atoms with van der Waals surface area (Å²) in [6.07, 6.45) is 3.04. The zero-order chi connectivity index (χ0) is 17.6. The summed E-state index contributed by atoms with van der Waals surface area (Å²) in [5.41, 5.74) is 2.72. The third-order valence-corrected chi connectivity index (χ3v) is 4.44. The van der Waals surface area contributed by atoms with Crippen LogP contribution in [0.1, 0.15) is 18.4 Å². The Morgan fingerprint density at radius 3 is 2.88 bits per heavy atom. The predicted molar refractivity (Wildman–Crippen MR) is 99.7 cm³/mol. The maximum atomic E-state index is 12.8. The van der Waals surface area contributed by atoms with Crippen molar-refractivity contribution in [3.8, 4) is 5.75 Å². The Labute approximate surface area is 152 Å². The van der Waals surface area contributed by atoms with Crippen LogP contribution in [0.25, 0.3) is 0 Å². The second kappa shape index (κ2) is 8.23. The van der Waals surface area contributed by atoms with Crippen molar-refractivity contribution in [2.24, 2.45) is 0 Å². The van der Waals surface area contributed by atoms with E-state index in [-0.39, 0.29) is 12.8 Å². The first-order chi connectivity index (χ1) is 12.2. The lowest BCUT2D eigenvalue weighted by Crippen LogP contribution is -2.35. The second-order valence-electron chi connectivity index (χ2n) is 5.86. The number of halogens is 1. The number of methoxy groups -OCH3 is 1. The van der Waals surface area contributed by atoms with E-state index in [0.29, 0.717) is 23.0 Å². The Morgan fingerprint density at radius 1 is 1.24 bits per heavy atom. The van der Waals surface area contributed by atoms with Crippen LogP contribution >= 0.6 is 11.6 Å². The van der Waals surface area contributed by atoms with Crippen molar-refractivity contribution in [1.82, 2.24) is 0 Å². The van der Waals surface area contributed by atoms with Gasteiger partial charge in [-0.1, -0.05) is 29.8 Å². The van der Waals surface area contributed by atoms with E-state index in [0.717, 1.165) is 24.9 Å². The number of rotatable bonds is 4. The molecule has 2 aromatic carbocycles. The highest BCUT2D eigenvalue weighted by atomic mass is 35.5. The number of aryl methyl sites for hydroxylation is 1. The first-order valence-corrected chi connectivity index (χ1v) is 8.64. The molecule has 0 radical (unpaired) electrons. The maximum Gasteiger partial charge on any atom is 0.326 e. The molecule has 0 unspecified atom stereocenters. The van der Waals surface area contributed by atoms with E-state index in [1.54, 1.807) is 30.2 Å². The van der Waals surface area contributed by atoms with Gasteiger partial charge < -0.3 is 14.8 Å². The van der Waals surface area contributed by atoms with E-state index < -0.39 is 0 Å². The highest BCUT2D eigenvalue weighted by Crippen LogP contribution is 2.30. The number of benzene rings is 2. The van der Waals surface area contributed by atoms with Crippen LogP contribution in [0.4, 0.5) is 16.2 Å². The van der Waals surface area contributed by atoms with Crippen LogP contribution in [0, 0.1) is 0 Å². The summed E-state index contributed by atoms with van der Waals surface area (Å²) in [5.74, 6) is 0.588. The number of carbonyl (C=O) groups excluding carboxylic acids is 1. The maximum absolute atomic E-state index is 12.8. The molecule has 3 rings (SSSR count). The van der Waals surface area contributed by atoms with E-state index in [2.05, 4.69) is 11.4 Å². The molecule has 2 aromatic rings. The lowest BCUT2D eigenvalue weighted by molar-refractivity contribution is 0.0511. The van der Waals surface area contributed by atoms with Crippen LogP contribution in [0.5, 0.6) is 5.75 Å². The van der Waals surface area contributed by atoms with Crippen molar-refractivity contribution in [3.63, 3.8) is 0 Å². The molecular weight excluding hydrogens is 340 g/mol. The Balaban J connectivity index is 1.76. The third-order valence-electron chi connectivity index (χ3n) is 4.13. The number of fused-ring (bicyclic) bond motifs is 1. The zero-order valence-corrected chi connectivity index (χ0v) is 14.9. The summed E-state index contributed by atoms with van der Waals surface area (Å²) in [5, 5.41) is 3.32. The van der Waals surface area contributed by atoms with Crippen LogP contribution < -0.4 is 15.0 Å². The van der Waals surface area contributed by atoms with Crippen molar-refractivity contribution in [3.05, 3.63) is 53.1 Å². The summed E-state index contributed by atoms with van der Waals surface area (Å²) < 4.78 is 10.2. The number of hydrogen-bond acceptors (Lipinski definition) is 3. The minimum atomic E-state index is -0.179. The fourth-order valence-corrected chi connectivity index (χ4v) is 3.12. The van der Waals surface area contributed by atoms with Crippen molar-refractivity contribution >= 4 is 29.0 Å². The van der Waals surface area contributed by atoms with Gasteiger partial charge in [0.05, 0.1) is 10.7 Å². The van der Waals surface area contributed by atoms with Crippen LogP contribution in [-0.2, 0) is 11.2 Å². The fraction of sp³-hybridized carbons (Fsp3) is 0.316. The molecule has 25 heavy (non-hydrogen) atoms. The van der Waals surface area contributed by atoms with Gasteiger partial charge in [-0.05, 0) is 43.0 Å². The molecule has 0 atom stereocenters. The number of urea groups is 1. The number of nitrogens with zero attached hydrogens (tertiary/aromatic N) is 1. The number of amides is 2. The molecule has 0 aliphatic carbocycles. The third kappa shape index (κ3) is 4.24. The van der Waals surface area contributed by atoms with Crippen molar-refractivity contribution < 1.29 is 14.3 Å². The van der Waals surface area contributed by atoms with E-state index in [1.165, 1.54) is 5.56 Å². The molecule has 0 bridgehead atoms. The van der Waals surface area contributed by atoms with E-state index in [9.17, 15) is 4.79 Å². The second-order valence-corrected chi connectivity index (χ2v) is 6.27. The van der Waals surface area contributed by atoms with Crippen molar-refractivity contribution in [1.29, 1.82) is 0 Å². The van der Waals surface area contributed by atoms with E-state index >= 15 is 0 Å². The minimum absolute atomic E-state index is 0.145. The Kier molecular flexibility index (Phi) is 5.79. The topological polar surface area (TPSA) is 50.8 Å². The number of carbonyl (C=O) groups is 1. The zero-order valence-electron chi connectivity index (χ0n) is 14.1. The van der Waals surface area contributed by atoms with Gasteiger partial charge in [0.25, 0.3) is 0 Å². The Morgan fingerprint density at radius 2 is 2.08 bits per heavy atom. The average molecular weight is 361 g/mol. The summed E-state index contributed by atoms with van der Waals surface area (Å²) in [6, 6.07) is 13.0. The van der Waals surface area contributed by atoms with E-state index in [4.69, 9.17) is 21.1 Å². The molecule has 0 saturated heterocycles. The number of hydrogen-bond donors (Lipinski definition) is 1. The first kappa shape index (κ1) is 17.6. The molecule has 1 aliphatic heterocycles. The van der Waals surface area contributed by atoms with Crippen molar-refractivity contribution in [2.75, 3.05) is 30.7 Å². The molecule has 0 saturated carbocycles. The largest absolute Gasteiger partial charge is 0.468 e. The van der Waals surface area contributed by atoms with Gasteiger partial charge in [0, 0.05) is 25.4 Å². The van der Waals surface area contributed by atoms with Crippen LogP contribution in [-0.4, -0.2) is 26.5 Å². The van der Waals surface area contributed by atoms with Gasteiger partial charge in [0.1, 0.15) is 5.75 Å². The smallest absolute Gasteiger partial charge is 0.326 e. The van der Waals surface area contributed by atoms with Gasteiger partial charge in [-0.3, -0.25) is 4.90 Å². The number of ether oxygens (including phenoxy) is 2. The van der Waals surface area contributed by atoms with Crippen LogP contribution in [0.15, 0.2) is 42.5 Å². The summed E-state index contributed by atoms with van der Waals surface area (Å²) >= 11 is 6.27. The normalized spacial score (nSPS) is 13.8. The van der Waals surface area contributed by atoms with Gasteiger partial charge >= 0.3 is 6.03 Å². The van der Waals surface area contributed by atoms with Gasteiger partial charge in [0.15, 0.2) is 6.79 Å². The predicted octanol–water partition coefficient (Wildman–Crippen LogP) is 4.70. The monoisotopic (exact) mass is 360 g/mol. The van der Waals surface area contributed by atoms with Gasteiger partial charge in [0.2, 0.25) is 0 Å². The number of nitrogens with one attached hydrogen (secondary N) is 1. The lowest BCUT2D eigenvalue weighted by atomic mass is 10.1. The molecule has 5 nitrogen and oxygen atoms in total. The summed E-state index contributed by atoms with van der Waals surface area (Å²) in [4.78, 5) is 14.6. The lowest BCUT2D eigenvalue weighted by Gasteiger charge is -2.23. The molecule has 2 amide bonds. The minimum Gasteiger partial charge on any atom is -0.468 e. The SMILES string of the molecule is COCOc1ccc(NC(=O)N2CCCCc3ccccc32)c(Cl)c1. The number of anilines is 2. The summed E-state index contributed by atoms with van der Waals surface area (Å²) in [7, 11) is 1.55. The molecule has 0 aromatic heterocycles. The molecule has 0 fully saturated rings. The Bertz CT molecular complexity index is 751. The van der Waals surface area contributed by atoms with Gasteiger partial charge in [-0.2, -0.15) is 0 Å². The van der Waals surface area contributed by atoms with Crippen LogP contribution in [0.2, 0.25) is 5.02 Å².